The topological polar surface area (TPSA) is 12.0 Å². The Labute approximate surface area is 112 Å². The van der Waals surface area contributed by atoms with E-state index >= 15 is 0 Å². The Hall–Kier alpha value is -0.820. The Balaban J connectivity index is 1.96. The molecule has 1 atom stereocenters. The lowest BCUT2D eigenvalue weighted by atomic mass is 9.86. The van der Waals surface area contributed by atoms with Crippen molar-refractivity contribution in [1.29, 1.82) is 0 Å². The van der Waals surface area contributed by atoms with Crippen LogP contribution in [0.15, 0.2) is 30.3 Å². The van der Waals surface area contributed by atoms with Crippen molar-refractivity contribution in [2.45, 2.75) is 57.9 Å². The molecule has 0 heterocycles. The highest BCUT2D eigenvalue weighted by atomic mass is 14.9. The van der Waals surface area contributed by atoms with E-state index in [1.165, 1.54) is 37.7 Å². The molecule has 1 heteroatoms. The SMILES string of the molecule is CCC(CC)CC(CNC1CC1)c1ccccc1. The van der Waals surface area contributed by atoms with Gasteiger partial charge in [0.2, 0.25) is 0 Å². The molecule has 0 amide bonds. The van der Waals surface area contributed by atoms with Crippen molar-refractivity contribution in [3.63, 3.8) is 0 Å². The highest BCUT2D eigenvalue weighted by molar-refractivity contribution is 5.20. The molecule has 1 saturated carbocycles. The van der Waals surface area contributed by atoms with E-state index in [-0.39, 0.29) is 0 Å². The third-order valence-corrected chi connectivity index (χ3v) is 4.27. The van der Waals surface area contributed by atoms with Gasteiger partial charge in [-0.05, 0) is 36.7 Å². The fourth-order valence-corrected chi connectivity index (χ4v) is 2.68. The quantitative estimate of drug-likeness (QED) is 0.718. The van der Waals surface area contributed by atoms with Crippen LogP contribution in [0.4, 0.5) is 0 Å². The van der Waals surface area contributed by atoms with Crippen LogP contribution < -0.4 is 5.32 Å². The van der Waals surface area contributed by atoms with Crippen LogP contribution in [-0.4, -0.2) is 12.6 Å². The van der Waals surface area contributed by atoms with Gasteiger partial charge in [0.25, 0.3) is 0 Å². The zero-order valence-corrected chi connectivity index (χ0v) is 11.9. The van der Waals surface area contributed by atoms with Gasteiger partial charge in [-0.1, -0.05) is 57.0 Å². The minimum absolute atomic E-state index is 0.691. The first-order valence-corrected chi connectivity index (χ1v) is 7.61. The third kappa shape index (κ3) is 4.13. The predicted octanol–water partition coefficient (Wildman–Crippen LogP) is 4.35. The number of rotatable bonds is 8. The standard InChI is InChI=1S/C17H27N/c1-3-14(4-2)12-16(13-18-17-10-11-17)15-8-6-5-7-9-15/h5-9,14,16-18H,3-4,10-13H2,1-2H3. The first-order chi connectivity index (χ1) is 8.83. The Kier molecular flexibility index (Phi) is 5.25. The first-order valence-electron chi connectivity index (χ1n) is 7.61. The van der Waals surface area contributed by atoms with Gasteiger partial charge in [-0.25, -0.2) is 0 Å². The molecule has 0 radical (unpaired) electrons. The van der Waals surface area contributed by atoms with E-state index in [1.807, 2.05) is 0 Å². The largest absolute Gasteiger partial charge is 0.313 e. The zero-order valence-electron chi connectivity index (χ0n) is 11.9. The van der Waals surface area contributed by atoms with Crippen LogP contribution in [0.25, 0.3) is 0 Å². The molecular formula is C17H27N. The summed E-state index contributed by atoms with van der Waals surface area (Å²) in [4.78, 5) is 0. The molecule has 0 aromatic heterocycles. The molecule has 1 unspecified atom stereocenters. The second kappa shape index (κ2) is 6.94. The van der Waals surface area contributed by atoms with E-state index < -0.39 is 0 Å². The fourth-order valence-electron chi connectivity index (χ4n) is 2.68. The third-order valence-electron chi connectivity index (χ3n) is 4.27. The van der Waals surface area contributed by atoms with Crippen molar-refractivity contribution in [1.82, 2.24) is 5.32 Å². The van der Waals surface area contributed by atoms with Crippen LogP contribution in [0, 0.1) is 5.92 Å². The van der Waals surface area contributed by atoms with Crippen molar-refractivity contribution in [3.8, 4) is 0 Å². The highest BCUT2D eigenvalue weighted by Crippen LogP contribution is 2.28. The van der Waals surface area contributed by atoms with E-state index in [2.05, 4.69) is 49.5 Å². The molecular weight excluding hydrogens is 218 g/mol. The fraction of sp³-hybridized carbons (Fsp3) is 0.647. The maximum absolute atomic E-state index is 3.71. The molecule has 0 spiro atoms. The molecule has 2 rings (SSSR count). The van der Waals surface area contributed by atoms with E-state index in [0.717, 1.165) is 18.5 Å². The zero-order chi connectivity index (χ0) is 12.8. The van der Waals surface area contributed by atoms with Crippen LogP contribution in [0.1, 0.15) is 57.4 Å². The highest BCUT2D eigenvalue weighted by Gasteiger charge is 2.23. The summed E-state index contributed by atoms with van der Waals surface area (Å²) in [5.41, 5.74) is 1.51. The summed E-state index contributed by atoms with van der Waals surface area (Å²) in [6.07, 6.45) is 6.71. The summed E-state index contributed by atoms with van der Waals surface area (Å²) in [5, 5.41) is 3.71. The minimum atomic E-state index is 0.691. The maximum atomic E-state index is 3.71. The first kappa shape index (κ1) is 13.6. The van der Waals surface area contributed by atoms with Crippen LogP contribution >= 0.6 is 0 Å². The molecule has 100 valence electrons. The molecule has 0 saturated heterocycles. The normalized spacial score (nSPS) is 17.1. The molecule has 0 bridgehead atoms. The van der Waals surface area contributed by atoms with Gasteiger partial charge < -0.3 is 5.32 Å². The molecule has 18 heavy (non-hydrogen) atoms. The van der Waals surface area contributed by atoms with Gasteiger partial charge in [0.05, 0.1) is 0 Å². The van der Waals surface area contributed by atoms with E-state index in [4.69, 9.17) is 0 Å². The summed E-state index contributed by atoms with van der Waals surface area (Å²) in [6, 6.07) is 11.9. The summed E-state index contributed by atoms with van der Waals surface area (Å²) < 4.78 is 0. The summed E-state index contributed by atoms with van der Waals surface area (Å²) in [6.45, 7) is 5.81. The number of nitrogens with one attached hydrogen (secondary N) is 1. The predicted molar refractivity (Wildman–Crippen MR) is 78.9 cm³/mol. The minimum Gasteiger partial charge on any atom is -0.313 e. The second-order valence-electron chi connectivity index (χ2n) is 5.71. The van der Waals surface area contributed by atoms with E-state index in [9.17, 15) is 0 Å². The molecule has 1 N–H and O–H groups in total. The monoisotopic (exact) mass is 245 g/mol. The van der Waals surface area contributed by atoms with Crippen molar-refractivity contribution in [2.24, 2.45) is 5.92 Å². The lowest BCUT2D eigenvalue weighted by Gasteiger charge is -2.23. The summed E-state index contributed by atoms with van der Waals surface area (Å²) in [5.74, 6) is 1.56. The lowest BCUT2D eigenvalue weighted by Crippen LogP contribution is -2.25. The van der Waals surface area contributed by atoms with Gasteiger partial charge in [-0.2, -0.15) is 0 Å². The van der Waals surface area contributed by atoms with Gasteiger partial charge in [-0.15, -0.1) is 0 Å². The van der Waals surface area contributed by atoms with Gasteiger partial charge in [0, 0.05) is 12.6 Å². The maximum Gasteiger partial charge on any atom is 0.00684 e. The smallest absolute Gasteiger partial charge is 0.00684 e. The van der Waals surface area contributed by atoms with Crippen LogP contribution in [0.2, 0.25) is 0 Å². The summed E-state index contributed by atoms with van der Waals surface area (Å²) >= 11 is 0. The second-order valence-corrected chi connectivity index (χ2v) is 5.71. The number of benzene rings is 1. The van der Waals surface area contributed by atoms with Crippen molar-refractivity contribution in [2.75, 3.05) is 6.54 Å². The Morgan fingerprint density at radius 3 is 2.33 bits per heavy atom. The van der Waals surface area contributed by atoms with Crippen molar-refractivity contribution >= 4 is 0 Å². The molecule has 1 aliphatic rings. The van der Waals surface area contributed by atoms with Gasteiger partial charge in [0.15, 0.2) is 0 Å². The van der Waals surface area contributed by atoms with E-state index in [1.54, 1.807) is 0 Å². The number of hydrogen-bond acceptors (Lipinski definition) is 1. The van der Waals surface area contributed by atoms with Gasteiger partial charge in [-0.3, -0.25) is 0 Å². The molecule has 1 aliphatic carbocycles. The average Bonchev–Trinajstić information content (AvgIpc) is 3.24. The molecule has 1 aromatic rings. The van der Waals surface area contributed by atoms with Gasteiger partial charge in [0.1, 0.15) is 0 Å². The summed E-state index contributed by atoms with van der Waals surface area (Å²) in [7, 11) is 0. The van der Waals surface area contributed by atoms with Crippen molar-refractivity contribution in [3.05, 3.63) is 35.9 Å². The van der Waals surface area contributed by atoms with Gasteiger partial charge >= 0.3 is 0 Å². The number of hydrogen-bond donors (Lipinski definition) is 1. The van der Waals surface area contributed by atoms with Crippen molar-refractivity contribution < 1.29 is 0 Å². The Morgan fingerprint density at radius 1 is 1.11 bits per heavy atom. The lowest BCUT2D eigenvalue weighted by molar-refractivity contribution is 0.397. The molecule has 1 nitrogen and oxygen atoms in total. The molecule has 0 aliphatic heterocycles. The van der Waals surface area contributed by atoms with E-state index in [0.29, 0.717) is 5.92 Å². The Morgan fingerprint density at radius 2 is 1.78 bits per heavy atom. The molecule has 1 fully saturated rings. The van der Waals surface area contributed by atoms with Crippen LogP contribution in [-0.2, 0) is 0 Å². The van der Waals surface area contributed by atoms with Crippen LogP contribution in [0.3, 0.4) is 0 Å². The molecule has 1 aromatic carbocycles. The Bertz CT molecular complexity index is 325. The average molecular weight is 245 g/mol. The van der Waals surface area contributed by atoms with Crippen LogP contribution in [0.5, 0.6) is 0 Å².